The average molecular weight is 534 g/mol. The number of nitrogens with one attached hydrogen (secondary N) is 3. The summed E-state index contributed by atoms with van der Waals surface area (Å²) in [6, 6.07) is 31.1. The lowest BCUT2D eigenvalue weighted by Crippen LogP contribution is -2.45. The van der Waals surface area contributed by atoms with Crippen molar-refractivity contribution in [1.29, 1.82) is 0 Å². The number of amides is 3. The number of urea groups is 1. The van der Waals surface area contributed by atoms with Crippen molar-refractivity contribution >= 4 is 29.1 Å². The van der Waals surface area contributed by atoms with E-state index in [1.165, 1.54) is 7.11 Å². The molecule has 3 N–H and O–H groups in total. The Labute approximate surface area is 231 Å². The summed E-state index contributed by atoms with van der Waals surface area (Å²) in [5.74, 6) is 0.145. The van der Waals surface area contributed by atoms with E-state index in [4.69, 9.17) is 9.47 Å². The molecular weight excluding hydrogens is 506 g/mol. The molecular formula is C32H27N3O5. The quantitative estimate of drug-likeness (QED) is 0.251. The molecule has 0 radical (unpaired) electrons. The van der Waals surface area contributed by atoms with Gasteiger partial charge < -0.3 is 25.4 Å². The SMILES string of the molecule is COc1cc([C@H]2NC(=O)NC(c3ccccc3)=C2C(=O)c2ccccc2)ccc1OCC(=O)Nc1ccccc1. The van der Waals surface area contributed by atoms with Crippen molar-refractivity contribution in [2.75, 3.05) is 19.0 Å². The molecule has 0 saturated heterocycles. The summed E-state index contributed by atoms with van der Waals surface area (Å²) in [4.78, 5) is 39.1. The van der Waals surface area contributed by atoms with E-state index in [2.05, 4.69) is 16.0 Å². The van der Waals surface area contributed by atoms with Gasteiger partial charge in [-0.1, -0.05) is 84.9 Å². The van der Waals surface area contributed by atoms with Crippen LogP contribution in [-0.2, 0) is 4.79 Å². The monoisotopic (exact) mass is 533 g/mol. The molecule has 1 heterocycles. The first-order valence-corrected chi connectivity index (χ1v) is 12.7. The van der Waals surface area contributed by atoms with Crippen LogP contribution in [0.25, 0.3) is 5.70 Å². The van der Waals surface area contributed by atoms with Crippen LogP contribution in [0.3, 0.4) is 0 Å². The Morgan fingerprint density at radius 1 is 0.825 bits per heavy atom. The van der Waals surface area contributed by atoms with E-state index < -0.39 is 12.1 Å². The maximum atomic E-state index is 13.9. The number of hydrogen-bond acceptors (Lipinski definition) is 5. The van der Waals surface area contributed by atoms with Crippen LogP contribution in [0.2, 0.25) is 0 Å². The highest BCUT2D eigenvalue weighted by molar-refractivity contribution is 6.16. The third-order valence-corrected chi connectivity index (χ3v) is 6.35. The van der Waals surface area contributed by atoms with Gasteiger partial charge in [-0.25, -0.2) is 4.79 Å². The van der Waals surface area contributed by atoms with Crippen molar-refractivity contribution in [2.24, 2.45) is 0 Å². The van der Waals surface area contributed by atoms with Gasteiger partial charge in [-0.3, -0.25) is 9.59 Å². The molecule has 1 aliphatic heterocycles. The van der Waals surface area contributed by atoms with E-state index in [1.54, 1.807) is 54.6 Å². The number of ether oxygens (including phenoxy) is 2. The largest absolute Gasteiger partial charge is 0.493 e. The minimum Gasteiger partial charge on any atom is -0.493 e. The molecule has 40 heavy (non-hydrogen) atoms. The Kier molecular flexibility index (Phi) is 7.87. The maximum Gasteiger partial charge on any atom is 0.320 e. The fraction of sp³-hybridized carbons (Fsp3) is 0.0938. The highest BCUT2D eigenvalue weighted by atomic mass is 16.5. The highest BCUT2D eigenvalue weighted by Gasteiger charge is 2.34. The minimum absolute atomic E-state index is 0.228. The molecule has 0 bridgehead atoms. The molecule has 5 rings (SSSR count). The van der Waals surface area contributed by atoms with Crippen LogP contribution in [0.5, 0.6) is 11.5 Å². The molecule has 0 aliphatic carbocycles. The standard InChI is InChI=1S/C32H27N3O5/c1-39-26-19-23(17-18-25(26)40-20-27(36)33-24-15-9-4-10-16-24)30-28(31(37)22-13-7-3-8-14-22)29(34-32(38)35-30)21-11-5-2-6-12-21/h2-19,30H,20H2,1H3,(H,33,36)(H2,34,35,38)/t30-/m1/s1. The Bertz CT molecular complexity index is 1550. The van der Waals surface area contributed by atoms with Crippen LogP contribution in [0, 0.1) is 0 Å². The predicted molar refractivity (Wildman–Crippen MR) is 152 cm³/mol. The molecule has 0 aromatic heterocycles. The Balaban J connectivity index is 1.47. The van der Waals surface area contributed by atoms with Gasteiger partial charge in [0.05, 0.1) is 24.4 Å². The molecule has 3 amide bonds. The molecule has 4 aromatic rings. The molecule has 0 unspecified atom stereocenters. The van der Waals surface area contributed by atoms with Crippen molar-refractivity contribution < 1.29 is 23.9 Å². The zero-order chi connectivity index (χ0) is 27.9. The molecule has 0 saturated carbocycles. The predicted octanol–water partition coefficient (Wildman–Crippen LogP) is 5.36. The third kappa shape index (κ3) is 5.86. The summed E-state index contributed by atoms with van der Waals surface area (Å²) >= 11 is 0. The summed E-state index contributed by atoms with van der Waals surface area (Å²) in [6.45, 7) is -0.232. The third-order valence-electron chi connectivity index (χ3n) is 6.35. The fourth-order valence-electron chi connectivity index (χ4n) is 4.48. The van der Waals surface area contributed by atoms with E-state index >= 15 is 0 Å². The van der Waals surface area contributed by atoms with Crippen LogP contribution in [0.4, 0.5) is 10.5 Å². The van der Waals surface area contributed by atoms with Crippen molar-refractivity contribution in [3.63, 3.8) is 0 Å². The van der Waals surface area contributed by atoms with Gasteiger partial charge in [-0.05, 0) is 35.4 Å². The highest BCUT2D eigenvalue weighted by Crippen LogP contribution is 2.37. The first kappa shape index (κ1) is 26.2. The Morgan fingerprint density at radius 2 is 1.48 bits per heavy atom. The zero-order valence-corrected chi connectivity index (χ0v) is 21.7. The molecule has 8 heteroatoms. The second-order valence-electron chi connectivity index (χ2n) is 8.99. The van der Waals surface area contributed by atoms with E-state index in [0.29, 0.717) is 45.1 Å². The number of anilines is 1. The maximum absolute atomic E-state index is 13.9. The summed E-state index contributed by atoms with van der Waals surface area (Å²) in [6.07, 6.45) is 0. The average Bonchev–Trinajstić information content (AvgIpc) is 3.00. The van der Waals surface area contributed by atoms with E-state index in [0.717, 1.165) is 0 Å². The first-order valence-electron chi connectivity index (χ1n) is 12.7. The zero-order valence-electron chi connectivity index (χ0n) is 21.7. The molecule has 0 fully saturated rings. The number of hydrogen-bond donors (Lipinski definition) is 3. The van der Waals surface area contributed by atoms with Crippen LogP contribution < -0.4 is 25.4 Å². The molecule has 1 aliphatic rings. The molecule has 0 spiro atoms. The second kappa shape index (κ2) is 12.0. The van der Waals surface area contributed by atoms with Gasteiger partial charge in [0.25, 0.3) is 5.91 Å². The van der Waals surface area contributed by atoms with E-state index in [9.17, 15) is 14.4 Å². The lowest BCUT2D eigenvalue weighted by Gasteiger charge is -2.30. The van der Waals surface area contributed by atoms with E-state index in [1.807, 2.05) is 54.6 Å². The van der Waals surface area contributed by atoms with Gasteiger partial charge in [0.1, 0.15) is 0 Å². The second-order valence-corrected chi connectivity index (χ2v) is 8.99. The summed E-state index contributed by atoms with van der Waals surface area (Å²) in [5.41, 5.74) is 3.29. The number of ketones is 1. The van der Waals surface area contributed by atoms with Gasteiger partial charge in [-0.2, -0.15) is 0 Å². The number of methoxy groups -OCH3 is 1. The Morgan fingerprint density at radius 3 is 2.15 bits per heavy atom. The van der Waals surface area contributed by atoms with Gasteiger partial charge in [-0.15, -0.1) is 0 Å². The minimum atomic E-state index is -0.777. The number of para-hydroxylation sites is 1. The van der Waals surface area contributed by atoms with Crippen molar-refractivity contribution in [3.8, 4) is 11.5 Å². The number of rotatable bonds is 9. The summed E-state index contributed by atoms with van der Waals surface area (Å²) in [5, 5.41) is 8.50. The normalized spacial score (nSPS) is 14.5. The Hall–Kier alpha value is -5.37. The van der Waals surface area contributed by atoms with Gasteiger partial charge in [0, 0.05) is 11.3 Å². The summed E-state index contributed by atoms with van der Waals surface area (Å²) in [7, 11) is 1.48. The molecule has 4 aromatic carbocycles. The molecule has 8 nitrogen and oxygen atoms in total. The fourth-order valence-corrected chi connectivity index (χ4v) is 4.48. The lowest BCUT2D eigenvalue weighted by atomic mass is 9.87. The lowest BCUT2D eigenvalue weighted by molar-refractivity contribution is -0.118. The van der Waals surface area contributed by atoms with Crippen molar-refractivity contribution in [1.82, 2.24) is 10.6 Å². The van der Waals surface area contributed by atoms with E-state index in [-0.39, 0.29) is 18.3 Å². The number of benzene rings is 4. The van der Waals surface area contributed by atoms with Gasteiger partial charge in [0.2, 0.25) is 0 Å². The van der Waals surface area contributed by atoms with Crippen molar-refractivity contribution in [2.45, 2.75) is 6.04 Å². The van der Waals surface area contributed by atoms with Gasteiger partial charge >= 0.3 is 6.03 Å². The first-order chi connectivity index (χ1) is 19.5. The molecule has 200 valence electrons. The van der Waals surface area contributed by atoms with Crippen LogP contribution in [-0.4, -0.2) is 31.4 Å². The summed E-state index contributed by atoms with van der Waals surface area (Å²) < 4.78 is 11.3. The topological polar surface area (TPSA) is 106 Å². The number of carbonyl (C=O) groups excluding carboxylic acids is 3. The smallest absolute Gasteiger partial charge is 0.320 e. The molecule has 1 atom stereocenters. The number of carbonyl (C=O) groups is 3. The number of Topliss-reactive ketones (excluding diaryl/α,β-unsaturated/α-hetero) is 1. The van der Waals surface area contributed by atoms with Crippen LogP contribution in [0.1, 0.15) is 27.5 Å². The van der Waals surface area contributed by atoms with Crippen LogP contribution >= 0.6 is 0 Å². The van der Waals surface area contributed by atoms with Crippen LogP contribution in [0.15, 0.2) is 115 Å². The van der Waals surface area contributed by atoms with Crippen molar-refractivity contribution in [3.05, 3.63) is 131 Å². The van der Waals surface area contributed by atoms with Gasteiger partial charge in [0.15, 0.2) is 23.9 Å².